The van der Waals surface area contributed by atoms with Gasteiger partial charge in [-0.05, 0) is 55.7 Å². The van der Waals surface area contributed by atoms with Gasteiger partial charge in [0.15, 0.2) is 0 Å². The molecule has 0 fully saturated rings. The van der Waals surface area contributed by atoms with E-state index in [2.05, 4.69) is 33.4 Å². The Labute approximate surface area is 180 Å². The van der Waals surface area contributed by atoms with Gasteiger partial charge in [0.2, 0.25) is 0 Å². The summed E-state index contributed by atoms with van der Waals surface area (Å²) in [6.45, 7) is 9.21. The van der Waals surface area contributed by atoms with E-state index < -0.39 is 0 Å². The average molecular weight is 413 g/mol. The second kappa shape index (κ2) is 8.63. The molecule has 0 radical (unpaired) electrons. The van der Waals surface area contributed by atoms with Gasteiger partial charge >= 0.3 is 0 Å². The molecule has 1 amide bonds. The van der Waals surface area contributed by atoms with Gasteiger partial charge in [0, 0.05) is 36.4 Å². The summed E-state index contributed by atoms with van der Waals surface area (Å²) >= 11 is 0. The van der Waals surface area contributed by atoms with Gasteiger partial charge in [-0.2, -0.15) is 10.4 Å². The number of carbonyl (C=O) groups excluding carboxylic acids is 1. The second-order valence-electron chi connectivity index (χ2n) is 7.25. The molecule has 8 heteroatoms. The van der Waals surface area contributed by atoms with Gasteiger partial charge < -0.3 is 16.0 Å². The Hall–Kier alpha value is -4.25. The van der Waals surface area contributed by atoms with Crippen molar-refractivity contribution >= 4 is 34.8 Å². The van der Waals surface area contributed by atoms with Crippen LogP contribution in [0.5, 0.6) is 0 Å². The smallest absolute Gasteiger partial charge is 0.274 e. The van der Waals surface area contributed by atoms with Crippen LogP contribution in [0.2, 0.25) is 0 Å². The summed E-state index contributed by atoms with van der Waals surface area (Å²) in [6.07, 6.45) is 4.72. The molecular formula is C23H23N7O. The zero-order valence-corrected chi connectivity index (χ0v) is 17.9. The minimum atomic E-state index is -0.387. The number of nitrogens with zero attached hydrogens (tertiary/aromatic N) is 4. The zero-order chi connectivity index (χ0) is 22.7. The highest BCUT2D eigenvalue weighted by atomic mass is 16.1. The van der Waals surface area contributed by atoms with Gasteiger partial charge in [-0.25, -0.2) is 4.98 Å². The van der Waals surface area contributed by atoms with E-state index in [1.807, 2.05) is 13.2 Å². The molecule has 0 saturated carbocycles. The Kier molecular flexibility index (Phi) is 5.97. The summed E-state index contributed by atoms with van der Waals surface area (Å²) in [6, 6.07) is 7.36. The van der Waals surface area contributed by atoms with Gasteiger partial charge in [-0.1, -0.05) is 6.58 Å². The highest BCUT2D eigenvalue weighted by Gasteiger charge is 2.20. The highest BCUT2D eigenvalue weighted by Crippen LogP contribution is 2.26. The summed E-state index contributed by atoms with van der Waals surface area (Å²) in [5, 5.41) is 27.3. The van der Waals surface area contributed by atoms with E-state index >= 15 is 0 Å². The van der Waals surface area contributed by atoms with E-state index in [-0.39, 0.29) is 11.6 Å². The molecule has 2 heterocycles. The molecule has 2 aromatic heterocycles. The maximum absolute atomic E-state index is 13.0. The van der Waals surface area contributed by atoms with Crippen LogP contribution in [0.15, 0.2) is 37.2 Å². The molecule has 3 N–H and O–H groups in total. The van der Waals surface area contributed by atoms with Crippen molar-refractivity contribution in [1.82, 2.24) is 14.8 Å². The Morgan fingerprint density at radius 1 is 1.26 bits per heavy atom. The first-order chi connectivity index (χ1) is 14.7. The molecule has 0 atom stereocenters. The van der Waals surface area contributed by atoms with Crippen LogP contribution >= 0.6 is 0 Å². The number of aryl methyl sites for hydroxylation is 1. The molecule has 0 spiro atoms. The van der Waals surface area contributed by atoms with Gasteiger partial charge in [0.25, 0.3) is 5.91 Å². The molecule has 0 aliphatic heterocycles. The molecular weight excluding hydrogens is 390 g/mol. The van der Waals surface area contributed by atoms with Crippen molar-refractivity contribution in [1.29, 1.82) is 10.7 Å². The van der Waals surface area contributed by atoms with Crippen LogP contribution < -0.4 is 10.6 Å². The van der Waals surface area contributed by atoms with Crippen molar-refractivity contribution < 1.29 is 4.79 Å². The van der Waals surface area contributed by atoms with Crippen molar-refractivity contribution in [2.45, 2.75) is 20.8 Å². The van der Waals surface area contributed by atoms with E-state index in [0.29, 0.717) is 44.9 Å². The van der Waals surface area contributed by atoms with Gasteiger partial charge in [-0.15, -0.1) is 0 Å². The third-order valence-electron chi connectivity index (χ3n) is 4.93. The molecule has 0 unspecified atom stereocenters. The molecule has 3 rings (SSSR count). The van der Waals surface area contributed by atoms with E-state index in [9.17, 15) is 10.1 Å². The lowest BCUT2D eigenvalue weighted by molar-refractivity contribution is 0.102. The molecule has 8 nitrogen and oxygen atoms in total. The average Bonchev–Trinajstić information content (AvgIpc) is 3.14. The van der Waals surface area contributed by atoms with Crippen molar-refractivity contribution in [3.8, 4) is 6.07 Å². The van der Waals surface area contributed by atoms with E-state index in [0.717, 1.165) is 5.69 Å². The molecule has 3 aromatic rings. The standard InChI is InChI=1S/C23H23N7O/c1-13(2)21-19(10-25)14(3)15(4)22(29-21)23(31)28-17-7-6-16(9-24)20(8-17)27-18-11-26-30(5)12-18/h6-9,11-12,24,27H,1H2,2-5H3,(H,28,31). The Morgan fingerprint density at radius 3 is 2.58 bits per heavy atom. The number of rotatable bonds is 6. The number of hydrogen-bond donors (Lipinski definition) is 3. The topological polar surface area (TPSA) is 119 Å². The minimum absolute atomic E-state index is 0.243. The summed E-state index contributed by atoms with van der Waals surface area (Å²) in [5.74, 6) is -0.387. The fourth-order valence-corrected chi connectivity index (χ4v) is 3.16. The number of pyridine rings is 1. The lowest BCUT2D eigenvalue weighted by Gasteiger charge is -2.15. The lowest BCUT2D eigenvalue weighted by atomic mass is 9.98. The summed E-state index contributed by atoms with van der Waals surface area (Å²) in [5.41, 5.74) is 5.69. The van der Waals surface area contributed by atoms with Crippen LogP contribution in [-0.4, -0.2) is 26.9 Å². The molecule has 0 bridgehead atoms. The van der Waals surface area contributed by atoms with Crippen LogP contribution in [0.1, 0.15) is 45.4 Å². The van der Waals surface area contributed by atoms with Crippen LogP contribution in [0.3, 0.4) is 0 Å². The van der Waals surface area contributed by atoms with Crippen LogP contribution in [0.25, 0.3) is 5.57 Å². The fraction of sp³-hybridized carbons (Fsp3) is 0.174. The zero-order valence-electron chi connectivity index (χ0n) is 17.9. The number of allylic oxidation sites excluding steroid dienone is 1. The molecule has 1 aromatic carbocycles. The normalized spacial score (nSPS) is 10.3. The first-order valence-electron chi connectivity index (χ1n) is 9.53. The molecule has 0 saturated heterocycles. The maximum Gasteiger partial charge on any atom is 0.274 e. The van der Waals surface area contributed by atoms with Crippen LogP contribution in [-0.2, 0) is 7.05 Å². The van der Waals surface area contributed by atoms with Gasteiger partial charge in [0.05, 0.1) is 23.1 Å². The van der Waals surface area contributed by atoms with Gasteiger partial charge in [-0.3, -0.25) is 9.48 Å². The summed E-state index contributed by atoms with van der Waals surface area (Å²) in [7, 11) is 1.81. The Balaban J connectivity index is 1.95. The minimum Gasteiger partial charge on any atom is -0.352 e. The number of nitriles is 1. The molecule has 31 heavy (non-hydrogen) atoms. The number of nitrogens with one attached hydrogen (secondary N) is 3. The van der Waals surface area contributed by atoms with Crippen molar-refractivity contribution in [3.63, 3.8) is 0 Å². The number of carbonyl (C=O) groups is 1. The third-order valence-corrected chi connectivity index (χ3v) is 4.93. The number of hydrogen-bond acceptors (Lipinski definition) is 6. The largest absolute Gasteiger partial charge is 0.352 e. The van der Waals surface area contributed by atoms with Gasteiger partial charge in [0.1, 0.15) is 11.8 Å². The SMILES string of the molecule is C=C(C)c1nc(C(=O)Nc2ccc(C=N)c(Nc3cnn(C)c3)c2)c(C)c(C)c1C#N. The monoisotopic (exact) mass is 413 g/mol. The number of anilines is 3. The van der Waals surface area contributed by atoms with E-state index in [1.165, 1.54) is 6.21 Å². The predicted octanol–water partition coefficient (Wildman–Crippen LogP) is 4.33. The molecule has 156 valence electrons. The fourth-order valence-electron chi connectivity index (χ4n) is 3.16. The third kappa shape index (κ3) is 4.36. The summed E-state index contributed by atoms with van der Waals surface area (Å²) < 4.78 is 1.67. The molecule has 0 aliphatic carbocycles. The van der Waals surface area contributed by atoms with Crippen LogP contribution in [0.4, 0.5) is 17.1 Å². The quantitative estimate of drug-likeness (QED) is 0.520. The Bertz CT molecular complexity index is 1250. The predicted molar refractivity (Wildman–Crippen MR) is 122 cm³/mol. The van der Waals surface area contributed by atoms with Crippen molar-refractivity contribution in [2.75, 3.05) is 10.6 Å². The first-order valence-corrected chi connectivity index (χ1v) is 9.53. The first kappa shape index (κ1) is 21.5. The number of aromatic nitrogens is 3. The molecule has 0 aliphatic rings. The highest BCUT2D eigenvalue weighted by molar-refractivity contribution is 6.05. The Morgan fingerprint density at radius 2 is 2.00 bits per heavy atom. The van der Waals surface area contributed by atoms with E-state index in [1.54, 1.807) is 49.8 Å². The van der Waals surface area contributed by atoms with Crippen LogP contribution in [0, 0.1) is 30.6 Å². The lowest BCUT2D eigenvalue weighted by Crippen LogP contribution is -2.18. The van der Waals surface area contributed by atoms with E-state index in [4.69, 9.17) is 5.41 Å². The summed E-state index contributed by atoms with van der Waals surface area (Å²) in [4.78, 5) is 17.5. The number of amides is 1. The van der Waals surface area contributed by atoms with Crippen molar-refractivity contribution in [3.05, 3.63) is 70.8 Å². The number of benzene rings is 1. The second-order valence-corrected chi connectivity index (χ2v) is 7.25. The van der Waals surface area contributed by atoms with Crippen molar-refractivity contribution in [2.24, 2.45) is 7.05 Å². The maximum atomic E-state index is 13.0.